The maximum atomic E-state index is 12.3. The number of nitrogens with zero attached hydrogens (tertiary/aromatic N) is 1. The van der Waals surface area contributed by atoms with Gasteiger partial charge in [-0.1, -0.05) is 0 Å². The van der Waals surface area contributed by atoms with Gasteiger partial charge in [-0.15, -0.1) is 11.3 Å². The predicted octanol–water partition coefficient (Wildman–Crippen LogP) is 1.87. The molecule has 0 bridgehead atoms. The van der Waals surface area contributed by atoms with Crippen LogP contribution in [0.1, 0.15) is 29.8 Å². The number of carbonyl (C=O) groups is 2. The van der Waals surface area contributed by atoms with Crippen molar-refractivity contribution in [3.8, 4) is 0 Å². The van der Waals surface area contributed by atoms with Crippen LogP contribution in [0.4, 0.5) is 4.79 Å². The lowest BCUT2D eigenvalue weighted by molar-refractivity contribution is -0.142. The minimum absolute atomic E-state index is 0.0595. The molecular formula is C14H20N2O4S. The van der Waals surface area contributed by atoms with Crippen LogP contribution in [0, 0.1) is 0 Å². The average molecular weight is 312 g/mol. The van der Waals surface area contributed by atoms with Gasteiger partial charge < -0.3 is 20.1 Å². The molecule has 21 heavy (non-hydrogen) atoms. The Morgan fingerprint density at radius 3 is 3.05 bits per heavy atom. The monoisotopic (exact) mass is 312 g/mol. The van der Waals surface area contributed by atoms with Gasteiger partial charge in [0.1, 0.15) is 0 Å². The van der Waals surface area contributed by atoms with Crippen molar-refractivity contribution in [1.29, 1.82) is 0 Å². The number of amides is 2. The third-order valence-electron chi connectivity index (χ3n) is 3.59. The fourth-order valence-corrected chi connectivity index (χ4v) is 3.37. The summed E-state index contributed by atoms with van der Waals surface area (Å²) in [5.74, 6) is -0.992. The standard InChI is InChI=1S/C14H20N2O4S/c1-9(4-7-20-2)15-14(19)16-6-3-11-10(5-8-21-11)12(16)13(17)18/h5,8-9,12H,3-4,6-7H2,1-2H3,(H,15,19)(H,17,18). The Hall–Kier alpha value is -1.60. The molecule has 116 valence electrons. The van der Waals surface area contributed by atoms with Crippen molar-refractivity contribution in [2.45, 2.75) is 31.8 Å². The lowest BCUT2D eigenvalue weighted by Crippen LogP contribution is -2.50. The molecule has 2 atom stereocenters. The first-order valence-corrected chi connectivity index (χ1v) is 7.77. The third-order valence-corrected chi connectivity index (χ3v) is 4.58. The summed E-state index contributed by atoms with van der Waals surface area (Å²) in [6, 6.07) is 0.514. The van der Waals surface area contributed by atoms with Crippen molar-refractivity contribution in [2.24, 2.45) is 0 Å². The van der Waals surface area contributed by atoms with E-state index in [9.17, 15) is 14.7 Å². The van der Waals surface area contributed by atoms with Crippen LogP contribution in [-0.4, -0.2) is 48.3 Å². The van der Waals surface area contributed by atoms with Crippen LogP contribution in [0.3, 0.4) is 0 Å². The first-order chi connectivity index (χ1) is 10.0. The van der Waals surface area contributed by atoms with E-state index < -0.39 is 12.0 Å². The molecule has 2 amide bonds. The summed E-state index contributed by atoms with van der Waals surface area (Å²) in [7, 11) is 1.61. The molecule has 2 N–H and O–H groups in total. The van der Waals surface area contributed by atoms with Crippen molar-refractivity contribution < 1.29 is 19.4 Å². The average Bonchev–Trinajstić information content (AvgIpc) is 2.91. The smallest absolute Gasteiger partial charge is 0.331 e. The Kier molecular flexibility index (Phi) is 5.19. The third kappa shape index (κ3) is 3.54. The van der Waals surface area contributed by atoms with Crippen LogP contribution >= 0.6 is 11.3 Å². The number of nitrogens with one attached hydrogen (secondary N) is 1. The number of aliphatic carboxylic acids is 1. The van der Waals surface area contributed by atoms with Crippen LogP contribution in [0.5, 0.6) is 0 Å². The molecule has 0 aliphatic carbocycles. The van der Waals surface area contributed by atoms with Crippen LogP contribution in [0.25, 0.3) is 0 Å². The first kappa shape index (κ1) is 15.8. The number of methoxy groups -OCH3 is 1. The summed E-state index contributed by atoms with van der Waals surface area (Å²) >= 11 is 1.55. The Labute approximate surface area is 127 Å². The molecule has 0 saturated heterocycles. The van der Waals surface area contributed by atoms with Crippen LogP contribution in [-0.2, 0) is 16.0 Å². The molecule has 2 heterocycles. The molecule has 1 aromatic heterocycles. The van der Waals surface area contributed by atoms with E-state index in [1.165, 1.54) is 4.90 Å². The molecule has 1 aromatic rings. The van der Waals surface area contributed by atoms with Gasteiger partial charge in [-0.3, -0.25) is 0 Å². The van der Waals surface area contributed by atoms with Crippen molar-refractivity contribution in [3.05, 3.63) is 21.9 Å². The molecule has 0 spiro atoms. The van der Waals surface area contributed by atoms with Crippen molar-refractivity contribution in [2.75, 3.05) is 20.3 Å². The Morgan fingerprint density at radius 1 is 1.62 bits per heavy atom. The van der Waals surface area contributed by atoms with Gasteiger partial charge >= 0.3 is 12.0 Å². The summed E-state index contributed by atoms with van der Waals surface area (Å²) in [5, 5.41) is 14.2. The van der Waals surface area contributed by atoms with Crippen molar-refractivity contribution in [3.63, 3.8) is 0 Å². The fourth-order valence-electron chi connectivity index (χ4n) is 2.46. The van der Waals surface area contributed by atoms with Gasteiger partial charge in [0.05, 0.1) is 0 Å². The molecule has 2 rings (SSSR count). The van der Waals surface area contributed by atoms with E-state index in [4.69, 9.17) is 4.74 Å². The van der Waals surface area contributed by atoms with Gasteiger partial charge in [-0.05, 0) is 36.8 Å². The second-order valence-corrected chi connectivity index (χ2v) is 6.12. The van der Waals surface area contributed by atoms with Crippen LogP contribution in [0.2, 0.25) is 0 Å². The Balaban J connectivity index is 2.08. The van der Waals surface area contributed by atoms with E-state index in [2.05, 4.69) is 5.32 Å². The highest BCUT2D eigenvalue weighted by Crippen LogP contribution is 2.33. The number of urea groups is 1. The zero-order valence-corrected chi connectivity index (χ0v) is 13.0. The molecule has 2 unspecified atom stereocenters. The van der Waals surface area contributed by atoms with E-state index in [1.807, 2.05) is 12.3 Å². The number of rotatable bonds is 5. The van der Waals surface area contributed by atoms with Gasteiger partial charge in [-0.2, -0.15) is 0 Å². The minimum Gasteiger partial charge on any atom is -0.479 e. The summed E-state index contributed by atoms with van der Waals surface area (Å²) < 4.78 is 4.98. The van der Waals surface area contributed by atoms with E-state index in [0.29, 0.717) is 26.0 Å². The minimum atomic E-state index is -0.992. The largest absolute Gasteiger partial charge is 0.479 e. The van der Waals surface area contributed by atoms with Gasteiger partial charge in [0.2, 0.25) is 0 Å². The number of hydrogen-bond acceptors (Lipinski definition) is 4. The van der Waals surface area contributed by atoms with E-state index >= 15 is 0 Å². The number of fused-ring (bicyclic) bond motifs is 1. The number of thiophene rings is 1. The van der Waals surface area contributed by atoms with Crippen molar-refractivity contribution >= 4 is 23.3 Å². The molecule has 7 heteroatoms. The summed E-state index contributed by atoms with van der Waals surface area (Å²) in [6.45, 7) is 2.86. The van der Waals surface area contributed by atoms with Gasteiger partial charge in [0, 0.05) is 31.2 Å². The zero-order valence-electron chi connectivity index (χ0n) is 12.2. The summed E-state index contributed by atoms with van der Waals surface area (Å²) in [5.41, 5.74) is 0.735. The quantitative estimate of drug-likeness (QED) is 0.870. The van der Waals surface area contributed by atoms with Gasteiger partial charge in [-0.25, -0.2) is 9.59 Å². The maximum absolute atomic E-state index is 12.3. The Morgan fingerprint density at radius 2 is 2.38 bits per heavy atom. The number of carboxylic acids is 1. The molecule has 0 fully saturated rings. The van der Waals surface area contributed by atoms with Gasteiger partial charge in [0.25, 0.3) is 0 Å². The highest BCUT2D eigenvalue weighted by molar-refractivity contribution is 7.10. The summed E-state index contributed by atoms with van der Waals surface area (Å²) in [6.07, 6.45) is 1.40. The maximum Gasteiger partial charge on any atom is 0.331 e. The molecule has 1 aliphatic rings. The first-order valence-electron chi connectivity index (χ1n) is 6.89. The Bertz CT molecular complexity index is 517. The van der Waals surface area contributed by atoms with E-state index in [0.717, 1.165) is 10.4 Å². The molecule has 0 aromatic carbocycles. The molecule has 6 nitrogen and oxygen atoms in total. The number of carboxylic acid groups (broad SMARTS) is 1. The van der Waals surface area contributed by atoms with E-state index in [-0.39, 0.29) is 12.1 Å². The van der Waals surface area contributed by atoms with E-state index in [1.54, 1.807) is 24.5 Å². The normalized spacial score (nSPS) is 19.0. The van der Waals surface area contributed by atoms with Crippen LogP contribution in [0.15, 0.2) is 11.4 Å². The molecule has 0 saturated carbocycles. The molecular weight excluding hydrogens is 292 g/mol. The van der Waals surface area contributed by atoms with Gasteiger partial charge in [0.15, 0.2) is 6.04 Å². The number of hydrogen-bond donors (Lipinski definition) is 2. The highest BCUT2D eigenvalue weighted by Gasteiger charge is 2.36. The predicted molar refractivity (Wildman–Crippen MR) is 79.6 cm³/mol. The fraction of sp³-hybridized carbons (Fsp3) is 0.571. The zero-order chi connectivity index (χ0) is 15.4. The molecule has 0 radical (unpaired) electrons. The summed E-state index contributed by atoms with van der Waals surface area (Å²) in [4.78, 5) is 26.3. The lowest BCUT2D eigenvalue weighted by Gasteiger charge is -2.34. The number of carbonyl (C=O) groups excluding carboxylic acids is 1. The second-order valence-electron chi connectivity index (χ2n) is 5.12. The lowest BCUT2D eigenvalue weighted by atomic mass is 10.0. The highest BCUT2D eigenvalue weighted by atomic mass is 32.1. The topological polar surface area (TPSA) is 78.9 Å². The van der Waals surface area contributed by atoms with Crippen molar-refractivity contribution in [1.82, 2.24) is 10.2 Å². The SMILES string of the molecule is COCCC(C)NC(=O)N1CCc2sccc2C1C(=O)O. The number of ether oxygens (including phenoxy) is 1. The van der Waals surface area contributed by atoms with Crippen LogP contribution < -0.4 is 5.32 Å². The second kappa shape index (κ2) is 6.91. The molecule has 1 aliphatic heterocycles.